The molecule has 2 aliphatic heterocycles. The molecule has 1 aromatic carbocycles. The fourth-order valence-electron chi connectivity index (χ4n) is 2.67. The summed E-state index contributed by atoms with van der Waals surface area (Å²) in [6, 6.07) is 8.91. The first kappa shape index (κ1) is 18.4. The van der Waals surface area contributed by atoms with E-state index >= 15 is 0 Å². The second-order valence-corrected chi connectivity index (χ2v) is 7.65. The van der Waals surface area contributed by atoms with Gasteiger partial charge in [-0.05, 0) is 30.0 Å². The lowest BCUT2D eigenvalue weighted by Gasteiger charge is -2.26. The lowest BCUT2D eigenvalue weighted by molar-refractivity contribution is -0.115. The van der Waals surface area contributed by atoms with Gasteiger partial charge in [-0.25, -0.2) is 4.99 Å². The van der Waals surface area contributed by atoms with Crippen LogP contribution in [0.4, 0.5) is 11.6 Å². The Morgan fingerprint density at radius 1 is 1.19 bits per heavy atom. The highest BCUT2D eigenvalue weighted by Gasteiger charge is 2.25. The molecule has 4 rings (SSSR count). The van der Waals surface area contributed by atoms with E-state index in [2.05, 4.69) is 15.2 Å². The molecular weight excluding hydrogens is 409 g/mol. The molecule has 2 saturated heterocycles. The number of ether oxygens (including phenoxy) is 1. The predicted molar refractivity (Wildman–Crippen MR) is 109 cm³/mol. The Morgan fingerprint density at radius 3 is 2.81 bits per heavy atom. The molecule has 2 aromatic rings. The first-order valence-electron chi connectivity index (χ1n) is 8.26. The minimum atomic E-state index is -0.235. The average molecular weight is 424 g/mol. The molecular formula is C18H15Cl2N3O3S. The van der Waals surface area contributed by atoms with E-state index in [1.54, 1.807) is 24.3 Å². The molecule has 0 saturated carbocycles. The molecule has 1 aromatic heterocycles. The first-order chi connectivity index (χ1) is 13.1. The summed E-state index contributed by atoms with van der Waals surface area (Å²) in [6.07, 6.45) is 1.70. The van der Waals surface area contributed by atoms with E-state index in [-0.39, 0.29) is 5.91 Å². The number of hydrogen-bond donors (Lipinski definition) is 1. The number of morpholine rings is 1. The van der Waals surface area contributed by atoms with Crippen molar-refractivity contribution in [3.63, 3.8) is 0 Å². The van der Waals surface area contributed by atoms with E-state index in [9.17, 15) is 4.79 Å². The second-order valence-electron chi connectivity index (χ2n) is 5.83. The van der Waals surface area contributed by atoms with Gasteiger partial charge in [0.05, 0.1) is 33.9 Å². The number of halogens is 2. The van der Waals surface area contributed by atoms with Crippen molar-refractivity contribution >= 4 is 63.7 Å². The second kappa shape index (κ2) is 7.98. The number of nitrogens with zero attached hydrogens (tertiary/aromatic N) is 2. The van der Waals surface area contributed by atoms with E-state index in [0.29, 0.717) is 44.8 Å². The summed E-state index contributed by atoms with van der Waals surface area (Å²) >= 11 is 13.4. The molecule has 2 aliphatic rings. The number of benzene rings is 1. The number of hydrogen-bond acceptors (Lipinski definition) is 6. The summed E-state index contributed by atoms with van der Waals surface area (Å²) in [7, 11) is 0. The lowest BCUT2D eigenvalue weighted by Crippen LogP contribution is -2.35. The summed E-state index contributed by atoms with van der Waals surface area (Å²) in [5.74, 6) is 1.14. The van der Waals surface area contributed by atoms with Gasteiger partial charge in [-0.3, -0.25) is 4.79 Å². The minimum absolute atomic E-state index is 0.235. The Balaban J connectivity index is 1.51. The molecule has 2 fully saturated rings. The zero-order valence-corrected chi connectivity index (χ0v) is 16.4. The van der Waals surface area contributed by atoms with Gasteiger partial charge in [0, 0.05) is 25.2 Å². The van der Waals surface area contributed by atoms with E-state index in [1.165, 1.54) is 11.8 Å². The first-order valence-corrected chi connectivity index (χ1v) is 9.83. The Labute approximate surface area is 170 Å². The molecule has 0 aliphatic carbocycles. The SMILES string of the molecule is O=C1NC(=Nc2cccc(Cl)c2Cl)S/C1=C\c1ccc(N2CCOCC2)o1. The predicted octanol–water partition coefficient (Wildman–Crippen LogP) is 4.31. The van der Waals surface area contributed by atoms with E-state index in [0.717, 1.165) is 19.0 Å². The molecule has 1 N–H and O–H groups in total. The van der Waals surface area contributed by atoms with Crippen molar-refractivity contribution in [1.29, 1.82) is 0 Å². The number of nitrogens with one attached hydrogen (secondary N) is 1. The maximum atomic E-state index is 12.2. The normalized spacial score (nSPS) is 20.5. The van der Waals surface area contributed by atoms with Crippen molar-refractivity contribution < 1.29 is 13.9 Å². The van der Waals surface area contributed by atoms with Crippen LogP contribution in [0.15, 0.2) is 44.6 Å². The highest BCUT2D eigenvalue weighted by molar-refractivity contribution is 8.18. The fourth-order valence-corrected chi connectivity index (χ4v) is 3.82. The zero-order chi connectivity index (χ0) is 18.8. The molecule has 0 radical (unpaired) electrons. The lowest BCUT2D eigenvalue weighted by atomic mass is 10.3. The highest BCUT2D eigenvalue weighted by atomic mass is 35.5. The quantitative estimate of drug-likeness (QED) is 0.744. The number of carbonyl (C=O) groups excluding carboxylic acids is 1. The average Bonchev–Trinajstić information content (AvgIpc) is 3.27. The molecule has 0 spiro atoms. The van der Waals surface area contributed by atoms with Crippen molar-refractivity contribution in [3.05, 3.63) is 51.0 Å². The van der Waals surface area contributed by atoms with Gasteiger partial charge in [0.2, 0.25) is 0 Å². The number of carbonyl (C=O) groups is 1. The van der Waals surface area contributed by atoms with Crippen LogP contribution in [0, 0.1) is 0 Å². The zero-order valence-electron chi connectivity index (χ0n) is 14.1. The van der Waals surface area contributed by atoms with Crippen LogP contribution in [0.5, 0.6) is 0 Å². The van der Waals surface area contributed by atoms with E-state index < -0.39 is 0 Å². The van der Waals surface area contributed by atoms with Gasteiger partial charge in [0.1, 0.15) is 5.76 Å². The van der Waals surface area contributed by atoms with Gasteiger partial charge in [0.25, 0.3) is 5.91 Å². The standard InChI is InChI=1S/C18H15Cl2N3O3S/c19-12-2-1-3-13(16(12)20)21-18-22-17(24)14(27-18)10-11-4-5-15(26-11)23-6-8-25-9-7-23/h1-5,10H,6-9H2,(H,21,22,24)/b14-10-. The molecule has 0 atom stereocenters. The van der Waals surface area contributed by atoms with Crippen molar-refractivity contribution in [1.82, 2.24) is 5.32 Å². The Kier molecular flexibility index (Phi) is 5.45. The van der Waals surface area contributed by atoms with Gasteiger partial charge in [-0.1, -0.05) is 29.3 Å². The molecule has 6 nitrogen and oxygen atoms in total. The molecule has 1 amide bonds. The highest BCUT2D eigenvalue weighted by Crippen LogP contribution is 2.34. The number of thioether (sulfide) groups is 1. The van der Waals surface area contributed by atoms with Crippen LogP contribution in [0.25, 0.3) is 6.08 Å². The number of aliphatic imine (C=N–C) groups is 1. The smallest absolute Gasteiger partial charge is 0.264 e. The summed E-state index contributed by atoms with van der Waals surface area (Å²) in [5.41, 5.74) is 0.501. The van der Waals surface area contributed by atoms with Crippen LogP contribution in [0.1, 0.15) is 5.76 Å². The number of anilines is 1. The minimum Gasteiger partial charge on any atom is -0.441 e. The molecule has 0 bridgehead atoms. The summed E-state index contributed by atoms with van der Waals surface area (Å²) in [5, 5.41) is 3.92. The monoisotopic (exact) mass is 423 g/mol. The van der Waals surface area contributed by atoms with Crippen LogP contribution in [-0.4, -0.2) is 37.4 Å². The topological polar surface area (TPSA) is 67.1 Å². The van der Waals surface area contributed by atoms with Crippen molar-refractivity contribution in [2.24, 2.45) is 4.99 Å². The Hall–Kier alpha value is -1.93. The van der Waals surface area contributed by atoms with Crippen LogP contribution in [0.2, 0.25) is 10.0 Å². The van der Waals surface area contributed by atoms with E-state index in [1.807, 2.05) is 12.1 Å². The van der Waals surface area contributed by atoms with Gasteiger partial charge < -0.3 is 19.4 Å². The third-order valence-electron chi connectivity index (χ3n) is 4.01. The van der Waals surface area contributed by atoms with Gasteiger partial charge in [-0.2, -0.15) is 0 Å². The molecule has 27 heavy (non-hydrogen) atoms. The van der Waals surface area contributed by atoms with Crippen LogP contribution in [0.3, 0.4) is 0 Å². The Morgan fingerprint density at radius 2 is 2.00 bits per heavy atom. The van der Waals surface area contributed by atoms with Gasteiger partial charge >= 0.3 is 0 Å². The van der Waals surface area contributed by atoms with Crippen molar-refractivity contribution in [2.75, 3.05) is 31.2 Å². The van der Waals surface area contributed by atoms with Crippen LogP contribution in [-0.2, 0) is 9.53 Å². The molecule has 9 heteroatoms. The summed E-state index contributed by atoms with van der Waals surface area (Å²) in [4.78, 5) is 19.2. The van der Waals surface area contributed by atoms with Crippen molar-refractivity contribution in [3.8, 4) is 0 Å². The molecule has 3 heterocycles. The Bertz CT molecular complexity index is 936. The van der Waals surface area contributed by atoms with Crippen molar-refractivity contribution in [2.45, 2.75) is 0 Å². The van der Waals surface area contributed by atoms with Crippen LogP contribution >= 0.6 is 35.0 Å². The summed E-state index contributed by atoms with van der Waals surface area (Å²) in [6.45, 7) is 2.94. The summed E-state index contributed by atoms with van der Waals surface area (Å²) < 4.78 is 11.2. The van der Waals surface area contributed by atoms with Gasteiger partial charge in [-0.15, -0.1) is 0 Å². The van der Waals surface area contributed by atoms with E-state index in [4.69, 9.17) is 32.4 Å². The molecule has 0 unspecified atom stereocenters. The number of furan rings is 1. The number of amides is 1. The number of rotatable bonds is 3. The number of amidine groups is 1. The molecule has 140 valence electrons. The fraction of sp³-hybridized carbons (Fsp3) is 0.222. The largest absolute Gasteiger partial charge is 0.441 e. The van der Waals surface area contributed by atoms with Gasteiger partial charge in [0.15, 0.2) is 11.1 Å². The van der Waals surface area contributed by atoms with Crippen LogP contribution < -0.4 is 10.2 Å². The maximum absolute atomic E-state index is 12.2. The maximum Gasteiger partial charge on any atom is 0.264 e. The third-order valence-corrected chi connectivity index (χ3v) is 5.73. The third kappa shape index (κ3) is 4.16.